The normalized spacial score (nSPS) is 15.2. The van der Waals surface area contributed by atoms with E-state index < -0.39 is 0 Å². The molecule has 0 atom stereocenters. The first kappa shape index (κ1) is 19.7. The topological polar surface area (TPSA) is 49.3 Å². The fourth-order valence-corrected chi connectivity index (χ4v) is 2.48. The van der Waals surface area contributed by atoms with Gasteiger partial charge in [-0.25, -0.2) is 0 Å². The molecule has 0 spiro atoms. The van der Waals surface area contributed by atoms with Crippen molar-refractivity contribution in [2.24, 2.45) is 5.10 Å². The van der Waals surface area contributed by atoms with E-state index in [4.69, 9.17) is 12.2 Å². The summed E-state index contributed by atoms with van der Waals surface area (Å²) in [5.41, 5.74) is 4.65. The van der Waals surface area contributed by atoms with Gasteiger partial charge in [0.15, 0.2) is 5.11 Å². The molecular weight excluding hydrogens is 391 g/mol. The molecule has 0 saturated heterocycles. The fourth-order valence-electron chi connectivity index (χ4n) is 2.26. The van der Waals surface area contributed by atoms with Crippen molar-refractivity contribution in [3.05, 3.63) is 29.6 Å². The maximum atomic E-state index is 5.22. The van der Waals surface area contributed by atoms with Crippen LogP contribution in [0.1, 0.15) is 43.5 Å². The number of thiocarbonyl (C=S) groups is 1. The molecule has 0 bridgehead atoms. The van der Waals surface area contributed by atoms with Crippen LogP contribution in [0.4, 0.5) is 0 Å². The van der Waals surface area contributed by atoms with Crippen LogP contribution in [0.3, 0.4) is 0 Å². The van der Waals surface area contributed by atoms with E-state index in [-0.39, 0.29) is 0 Å². The van der Waals surface area contributed by atoms with Crippen molar-refractivity contribution < 1.29 is 13.1 Å². The van der Waals surface area contributed by atoms with Crippen LogP contribution in [-0.2, 0) is 13.1 Å². The summed E-state index contributed by atoms with van der Waals surface area (Å²) in [5.74, 6) is 0. The summed E-state index contributed by atoms with van der Waals surface area (Å²) in [6.07, 6.45) is 8.00. The van der Waals surface area contributed by atoms with Gasteiger partial charge in [0, 0.05) is 11.7 Å². The summed E-state index contributed by atoms with van der Waals surface area (Å²) in [7, 11) is 9.34. The minimum atomic E-state index is 0.501. The second-order valence-corrected chi connectivity index (χ2v) is 6.89. The van der Waals surface area contributed by atoms with E-state index in [9.17, 15) is 0 Å². The number of aryl methyl sites for hydroxylation is 1. The van der Waals surface area contributed by atoms with Crippen LogP contribution in [0, 0.1) is 6.92 Å². The van der Waals surface area contributed by atoms with Gasteiger partial charge in [0.2, 0.25) is 0 Å². The predicted octanol–water partition coefficient (Wildman–Crippen LogP) is 3.90. The Morgan fingerprint density at radius 3 is 2.68 bits per heavy atom. The maximum absolute atomic E-state index is 5.22. The van der Waals surface area contributed by atoms with E-state index in [0.29, 0.717) is 11.2 Å². The van der Waals surface area contributed by atoms with Gasteiger partial charge in [-0.15, -0.1) is 0 Å². The van der Waals surface area contributed by atoms with Crippen LogP contribution in [0.15, 0.2) is 23.3 Å². The Kier molecular flexibility index (Phi) is 10.8. The van der Waals surface area contributed by atoms with Crippen LogP contribution in [0.25, 0.3) is 0 Å². The standard InChI is InChI=1S/C14H20N4S.2ClH.Cu/c1-11-6-5-9-13(16-11)10-15-18-14(19)17-12-7-3-2-4-8-12;;;/h5-6,9-10,12H,2-4,7-8H2,1H3,(H2,17,18,19);2*1H;/q;;;+2/p-2/b15-10+;;;. The summed E-state index contributed by atoms with van der Waals surface area (Å²) in [6.45, 7) is 1.96. The van der Waals surface area contributed by atoms with Gasteiger partial charge >= 0.3 is 33.3 Å². The fraction of sp³-hybridized carbons (Fsp3) is 0.500. The van der Waals surface area contributed by atoms with Gasteiger partial charge < -0.3 is 5.32 Å². The summed E-state index contributed by atoms with van der Waals surface area (Å²) in [4.78, 5) is 4.33. The monoisotopic (exact) mass is 409 g/mol. The Hall–Kier alpha value is -0.391. The average Bonchev–Trinajstić information content (AvgIpc) is 2.49. The SMILES string of the molecule is Cc1cccc(/C=N/NC(=S)NC2CCCCC2)n1.[Cl][Cu][Cl]. The molecule has 4 nitrogen and oxygen atoms in total. The zero-order valence-electron chi connectivity index (χ0n) is 12.3. The number of hydrogen-bond acceptors (Lipinski definition) is 3. The van der Waals surface area contributed by atoms with Crippen molar-refractivity contribution in [1.82, 2.24) is 15.7 Å². The summed E-state index contributed by atoms with van der Waals surface area (Å²) < 4.78 is 0. The van der Waals surface area contributed by atoms with E-state index >= 15 is 0 Å². The minimum absolute atomic E-state index is 0.501. The molecule has 0 aliphatic heterocycles. The number of pyridine rings is 1. The molecule has 22 heavy (non-hydrogen) atoms. The predicted molar refractivity (Wildman–Crippen MR) is 94.0 cm³/mol. The van der Waals surface area contributed by atoms with E-state index in [0.717, 1.165) is 24.5 Å². The van der Waals surface area contributed by atoms with Crippen molar-refractivity contribution in [1.29, 1.82) is 0 Å². The third-order valence-corrected chi connectivity index (χ3v) is 3.42. The number of nitrogens with one attached hydrogen (secondary N) is 2. The molecule has 127 valence electrons. The van der Waals surface area contributed by atoms with Gasteiger partial charge in [-0.2, -0.15) is 5.10 Å². The number of nitrogens with zero attached hydrogens (tertiary/aromatic N) is 2. The van der Waals surface area contributed by atoms with Crippen molar-refractivity contribution >= 4 is 43.7 Å². The molecule has 1 saturated carbocycles. The van der Waals surface area contributed by atoms with Crippen molar-refractivity contribution in [3.63, 3.8) is 0 Å². The number of hydrogen-bond donors (Lipinski definition) is 2. The van der Waals surface area contributed by atoms with Gasteiger partial charge in [-0.3, -0.25) is 10.4 Å². The Labute approximate surface area is 152 Å². The van der Waals surface area contributed by atoms with E-state index in [1.54, 1.807) is 6.21 Å². The molecule has 1 heterocycles. The molecule has 2 rings (SSSR count). The average molecular weight is 411 g/mol. The zero-order chi connectivity index (χ0) is 16.2. The van der Waals surface area contributed by atoms with Crippen molar-refractivity contribution in [2.45, 2.75) is 45.1 Å². The molecule has 1 aromatic heterocycles. The second-order valence-electron chi connectivity index (χ2n) is 4.93. The molecule has 1 aromatic rings. The summed E-state index contributed by atoms with van der Waals surface area (Å²) >= 11 is 5.98. The number of halogens is 2. The van der Waals surface area contributed by atoms with Crippen LogP contribution >= 0.6 is 32.4 Å². The van der Waals surface area contributed by atoms with Crippen LogP contribution < -0.4 is 10.7 Å². The van der Waals surface area contributed by atoms with Gasteiger partial charge in [-0.1, -0.05) is 25.3 Å². The molecule has 1 aliphatic carbocycles. The molecule has 2 N–H and O–H groups in total. The molecular formula is C14H20Cl2CuN4S. The molecule has 0 aromatic carbocycles. The van der Waals surface area contributed by atoms with Gasteiger partial charge in [0.05, 0.1) is 11.9 Å². The van der Waals surface area contributed by atoms with Crippen LogP contribution in [-0.4, -0.2) is 22.4 Å². The molecule has 0 unspecified atom stereocenters. The molecule has 0 radical (unpaired) electrons. The van der Waals surface area contributed by atoms with Crippen molar-refractivity contribution in [3.8, 4) is 0 Å². The Morgan fingerprint density at radius 1 is 1.36 bits per heavy atom. The van der Waals surface area contributed by atoms with E-state index in [1.165, 1.54) is 32.1 Å². The molecule has 1 fully saturated rings. The Bertz CT molecular complexity index is 482. The van der Waals surface area contributed by atoms with Crippen LogP contribution in [0.2, 0.25) is 0 Å². The van der Waals surface area contributed by atoms with Crippen LogP contribution in [0.5, 0.6) is 0 Å². The van der Waals surface area contributed by atoms with E-state index in [2.05, 4.69) is 41.0 Å². The summed E-state index contributed by atoms with van der Waals surface area (Å²) in [6, 6.07) is 6.33. The molecule has 1 aliphatic rings. The number of rotatable bonds is 3. The Balaban J connectivity index is 0.000000745. The quantitative estimate of drug-likeness (QED) is 0.343. The number of aromatic nitrogens is 1. The Morgan fingerprint density at radius 2 is 2.05 bits per heavy atom. The first-order chi connectivity index (χ1) is 10.7. The molecule has 0 amide bonds. The first-order valence-corrected chi connectivity index (χ1v) is 10.00. The molecule has 8 heteroatoms. The van der Waals surface area contributed by atoms with Gasteiger partial charge in [-0.05, 0) is 44.1 Å². The third kappa shape index (κ3) is 8.91. The third-order valence-electron chi connectivity index (χ3n) is 3.21. The second kappa shape index (κ2) is 12.1. The van der Waals surface area contributed by atoms with Gasteiger partial charge in [0.1, 0.15) is 0 Å². The van der Waals surface area contributed by atoms with Gasteiger partial charge in [0.25, 0.3) is 0 Å². The first-order valence-electron chi connectivity index (χ1n) is 7.00. The van der Waals surface area contributed by atoms with Crippen molar-refractivity contribution in [2.75, 3.05) is 0 Å². The van der Waals surface area contributed by atoms with E-state index in [1.807, 2.05) is 25.1 Å². The zero-order valence-corrected chi connectivity index (χ0v) is 15.6. The summed E-state index contributed by atoms with van der Waals surface area (Å²) in [5, 5.41) is 8.00. The number of hydrazone groups is 1.